The molecule has 2 amide bonds. The summed E-state index contributed by atoms with van der Waals surface area (Å²) in [6, 6.07) is 9.66. The second-order valence-corrected chi connectivity index (χ2v) is 8.93. The standard InChI is InChI=1S/C19H17FN3O4S/c1-19(8-9-19)22-28(26,27)14-6-7-16-15(10-14)21-17(24)18(25)23(16)11-12-2-4-13(20)5-3-12/h2-7,10,22H,8-9,11H2,1H3/q+1. The molecule has 2 aromatic rings. The number of halogens is 1. The van der Waals surface area contributed by atoms with Crippen molar-refractivity contribution in [2.45, 2.75) is 36.7 Å². The van der Waals surface area contributed by atoms with Crippen LogP contribution in [0.25, 0.3) is 0 Å². The summed E-state index contributed by atoms with van der Waals surface area (Å²) in [5, 5.41) is 0.432. The molecule has 0 radical (unpaired) electrons. The van der Waals surface area contributed by atoms with Gasteiger partial charge in [-0.15, -0.1) is 4.58 Å². The number of nitrogens with zero attached hydrogens (tertiary/aromatic N) is 2. The van der Waals surface area contributed by atoms with Crippen LogP contribution < -0.4 is 20.0 Å². The fraction of sp³-hybridized carbons (Fsp3) is 0.263. The molecular weight excluding hydrogens is 385 g/mol. The van der Waals surface area contributed by atoms with Crippen LogP contribution in [0.2, 0.25) is 0 Å². The Balaban J connectivity index is 1.80. The second kappa shape index (κ2) is 6.39. The van der Waals surface area contributed by atoms with Crippen LogP contribution in [0.15, 0.2) is 52.4 Å². The maximum absolute atomic E-state index is 13.1. The van der Waals surface area contributed by atoms with Crippen LogP contribution in [-0.2, 0) is 26.2 Å². The van der Waals surface area contributed by atoms with Crippen LogP contribution in [0.1, 0.15) is 25.3 Å². The fourth-order valence-electron chi connectivity index (χ4n) is 2.97. The van der Waals surface area contributed by atoms with Crippen molar-refractivity contribution in [3.8, 4) is 0 Å². The Kier molecular flexibility index (Phi) is 4.24. The van der Waals surface area contributed by atoms with E-state index in [4.69, 9.17) is 0 Å². The first-order valence-electron chi connectivity index (χ1n) is 8.67. The van der Waals surface area contributed by atoms with Crippen molar-refractivity contribution in [2.75, 3.05) is 0 Å². The van der Waals surface area contributed by atoms with Crippen molar-refractivity contribution in [2.24, 2.45) is 4.99 Å². The van der Waals surface area contributed by atoms with Gasteiger partial charge in [0, 0.05) is 17.2 Å². The summed E-state index contributed by atoms with van der Waals surface area (Å²) in [6.07, 6.45) is 1.53. The molecule has 2 aromatic carbocycles. The predicted octanol–water partition coefficient (Wildman–Crippen LogP) is 0.0342. The maximum atomic E-state index is 13.1. The molecule has 28 heavy (non-hydrogen) atoms. The Labute approximate surface area is 160 Å². The molecule has 2 aliphatic rings. The van der Waals surface area contributed by atoms with Crippen molar-refractivity contribution in [3.05, 3.63) is 64.6 Å². The molecule has 1 aliphatic carbocycles. The van der Waals surface area contributed by atoms with E-state index < -0.39 is 33.2 Å². The van der Waals surface area contributed by atoms with Crippen molar-refractivity contribution in [1.82, 2.24) is 9.30 Å². The zero-order valence-electron chi connectivity index (χ0n) is 15.0. The zero-order valence-corrected chi connectivity index (χ0v) is 15.8. The fourth-order valence-corrected chi connectivity index (χ4v) is 4.46. The quantitative estimate of drug-likeness (QED) is 0.564. The average molecular weight is 402 g/mol. The van der Waals surface area contributed by atoms with Gasteiger partial charge in [-0.25, -0.2) is 22.3 Å². The number of benzene rings is 2. The number of nitrogens with one attached hydrogen (secondary N) is 1. The van der Waals surface area contributed by atoms with E-state index in [2.05, 4.69) is 9.71 Å². The Morgan fingerprint density at radius 1 is 1.14 bits per heavy atom. The Morgan fingerprint density at radius 2 is 1.82 bits per heavy atom. The van der Waals surface area contributed by atoms with E-state index in [1.54, 1.807) is 0 Å². The molecule has 0 aromatic heterocycles. The number of carbonyl (C=O) groups is 2. The summed E-state index contributed by atoms with van der Waals surface area (Å²) in [5.74, 6) is -2.21. The lowest BCUT2D eigenvalue weighted by Gasteiger charge is -2.12. The summed E-state index contributed by atoms with van der Waals surface area (Å²) in [5.41, 5.74) is 0.183. The van der Waals surface area contributed by atoms with Crippen LogP contribution in [0.3, 0.4) is 0 Å². The molecule has 1 fully saturated rings. The summed E-state index contributed by atoms with van der Waals surface area (Å²) in [6.45, 7) is 1.86. The van der Waals surface area contributed by atoms with Crippen LogP contribution in [0.5, 0.6) is 0 Å². The SMILES string of the molecule is CC1(NS(=O)(=O)c2ccc3c(c2)=NC(=O)C(=O)[N+]=3Cc2ccc(F)cc2)CC1. The van der Waals surface area contributed by atoms with Gasteiger partial charge in [0.25, 0.3) is 0 Å². The number of sulfonamides is 1. The lowest BCUT2D eigenvalue weighted by atomic mass is 10.2. The second-order valence-electron chi connectivity index (χ2n) is 7.25. The van der Waals surface area contributed by atoms with Crippen molar-refractivity contribution < 1.29 is 22.4 Å². The van der Waals surface area contributed by atoms with E-state index in [0.29, 0.717) is 10.9 Å². The summed E-state index contributed by atoms with van der Waals surface area (Å²) < 4.78 is 42.1. The number of hydrogen-bond acceptors (Lipinski definition) is 4. The first-order chi connectivity index (χ1) is 13.2. The van der Waals surface area contributed by atoms with Crippen LogP contribution in [-0.4, -0.2) is 25.8 Å². The van der Waals surface area contributed by atoms with E-state index in [1.807, 2.05) is 6.92 Å². The Morgan fingerprint density at radius 3 is 2.46 bits per heavy atom. The predicted molar refractivity (Wildman–Crippen MR) is 96.5 cm³/mol. The molecule has 1 saturated carbocycles. The Hall–Kier alpha value is -2.78. The highest BCUT2D eigenvalue weighted by atomic mass is 32.2. The highest BCUT2D eigenvalue weighted by Crippen LogP contribution is 2.35. The number of fused-ring (bicyclic) bond motifs is 1. The van der Waals surface area contributed by atoms with E-state index in [0.717, 1.165) is 12.8 Å². The van der Waals surface area contributed by atoms with Gasteiger partial charge in [0.05, 0.1) is 4.90 Å². The number of carbonyl (C=O) groups excluding carboxylic acids is 2. The van der Waals surface area contributed by atoms with E-state index >= 15 is 0 Å². The van der Waals surface area contributed by atoms with Crippen LogP contribution in [0, 0.1) is 5.82 Å². The summed E-state index contributed by atoms with van der Waals surface area (Å²) in [4.78, 5) is 28.1. The first-order valence-corrected chi connectivity index (χ1v) is 10.2. The van der Waals surface area contributed by atoms with Gasteiger partial charge in [-0.2, -0.15) is 4.99 Å². The Bertz CT molecular complexity index is 1230. The third kappa shape index (κ3) is 3.50. The van der Waals surface area contributed by atoms with Gasteiger partial charge in [-0.05, 0) is 56.2 Å². The molecular formula is C19H17FN3O4S+. The largest absolute Gasteiger partial charge is 0.480 e. The lowest BCUT2D eigenvalue weighted by molar-refractivity contribution is -0.139. The normalized spacial score (nSPS) is 17.9. The van der Waals surface area contributed by atoms with Gasteiger partial charge in [0.15, 0.2) is 6.54 Å². The van der Waals surface area contributed by atoms with E-state index in [-0.39, 0.29) is 16.8 Å². The van der Waals surface area contributed by atoms with Gasteiger partial charge in [-0.1, -0.05) is 0 Å². The average Bonchev–Trinajstić information content (AvgIpc) is 3.36. The van der Waals surface area contributed by atoms with Crippen LogP contribution in [0.4, 0.5) is 4.39 Å². The van der Waals surface area contributed by atoms with Crippen LogP contribution >= 0.6 is 0 Å². The van der Waals surface area contributed by atoms with E-state index in [9.17, 15) is 22.4 Å². The van der Waals surface area contributed by atoms with Crippen molar-refractivity contribution in [3.63, 3.8) is 0 Å². The van der Waals surface area contributed by atoms with Gasteiger partial charge in [0.1, 0.15) is 11.2 Å². The molecule has 1 heterocycles. The summed E-state index contributed by atoms with van der Waals surface area (Å²) in [7, 11) is -3.77. The highest BCUT2D eigenvalue weighted by Gasteiger charge is 2.41. The molecule has 0 unspecified atom stereocenters. The molecule has 9 heteroatoms. The third-order valence-electron chi connectivity index (χ3n) is 4.83. The minimum Gasteiger partial charge on any atom is -0.255 e. The van der Waals surface area contributed by atoms with Crippen molar-refractivity contribution >= 4 is 21.8 Å². The summed E-state index contributed by atoms with van der Waals surface area (Å²) >= 11 is 0. The van der Waals surface area contributed by atoms with Gasteiger partial charge in [0.2, 0.25) is 15.4 Å². The molecule has 1 aliphatic heterocycles. The molecule has 0 spiro atoms. The molecule has 0 saturated heterocycles. The molecule has 1 N–H and O–H groups in total. The smallest absolute Gasteiger partial charge is 0.255 e. The zero-order chi connectivity index (χ0) is 20.1. The van der Waals surface area contributed by atoms with Gasteiger partial charge in [-0.3, -0.25) is 4.79 Å². The topological polar surface area (TPSA) is 95.7 Å². The molecule has 144 valence electrons. The first kappa shape index (κ1) is 18.6. The maximum Gasteiger partial charge on any atom is 0.480 e. The van der Waals surface area contributed by atoms with E-state index in [1.165, 1.54) is 47.0 Å². The molecule has 0 bridgehead atoms. The minimum absolute atomic E-state index is 0.0213. The molecule has 7 nitrogen and oxygen atoms in total. The highest BCUT2D eigenvalue weighted by molar-refractivity contribution is 7.89. The third-order valence-corrected chi connectivity index (χ3v) is 6.47. The number of hydrogen-bond donors (Lipinski definition) is 1. The monoisotopic (exact) mass is 402 g/mol. The van der Waals surface area contributed by atoms with Gasteiger partial charge >= 0.3 is 11.8 Å². The van der Waals surface area contributed by atoms with Gasteiger partial charge < -0.3 is 0 Å². The number of rotatable bonds is 5. The molecule has 4 rings (SSSR count). The lowest BCUT2D eigenvalue weighted by Crippen LogP contribution is -2.50. The number of amides is 2. The van der Waals surface area contributed by atoms with Crippen molar-refractivity contribution in [1.29, 1.82) is 0 Å². The molecule has 0 atom stereocenters. The minimum atomic E-state index is -3.77.